The Morgan fingerprint density at radius 3 is 3.05 bits per heavy atom. The van der Waals surface area contributed by atoms with Gasteiger partial charge in [-0.3, -0.25) is 0 Å². The monoisotopic (exact) mass is 281 g/mol. The maximum absolute atomic E-state index is 13.5. The van der Waals surface area contributed by atoms with E-state index in [2.05, 4.69) is 5.32 Å². The first kappa shape index (κ1) is 15.3. The highest BCUT2D eigenvalue weighted by Crippen LogP contribution is 2.19. The van der Waals surface area contributed by atoms with Crippen LogP contribution in [0, 0.1) is 5.82 Å². The van der Waals surface area contributed by atoms with Gasteiger partial charge in [-0.25, -0.2) is 4.39 Å². The normalized spacial score (nSPS) is 18.4. The first-order chi connectivity index (χ1) is 9.78. The molecule has 1 aliphatic rings. The fourth-order valence-electron chi connectivity index (χ4n) is 2.45. The summed E-state index contributed by atoms with van der Waals surface area (Å²) in [6.07, 6.45) is 4.70. The Hall–Kier alpha value is -1.13. The third-order valence-corrected chi connectivity index (χ3v) is 3.47. The highest BCUT2D eigenvalue weighted by molar-refractivity contribution is 5.29. The van der Waals surface area contributed by atoms with E-state index in [1.165, 1.54) is 12.5 Å². The first-order valence-electron chi connectivity index (χ1n) is 7.52. The van der Waals surface area contributed by atoms with Gasteiger partial charge >= 0.3 is 0 Å². The molecule has 0 aromatic heterocycles. The molecular weight excluding hydrogens is 257 g/mol. The standard InChI is InChI=1S/C16H24FNO2/c1-2-18-12-13-9-14(17)11-16(10-13)20-8-4-6-15-5-3-7-19-15/h9-11,15,18H,2-8,12H2,1H3. The summed E-state index contributed by atoms with van der Waals surface area (Å²) < 4.78 is 24.7. The Kier molecular flexibility index (Phi) is 6.27. The molecule has 0 saturated carbocycles. The van der Waals surface area contributed by atoms with Crippen LogP contribution in [-0.4, -0.2) is 25.9 Å². The highest BCUT2D eigenvalue weighted by Gasteiger charge is 2.14. The number of ether oxygens (including phenoxy) is 2. The lowest BCUT2D eigenvalue weighted by Crippen LogP contribution is -2.12. The maximum Gasteiger partial charge on any atom is 0.127 e. The Morgan fingerprint density at radius 1 is 1.40 bits per heavy atom. The van der Waals surface area contributed by atoms with E-state index in [0.717, 1.165) is 38.0 Å². The molecule has 1 fully saturated rings. The zero-order valence-electron chi connectivity index (χ0n) is 12.2. The molecule has 1 saturated heterocycles. The lowest BCUT2D eigenvalue weighted by molar-refractivity contribution is 0.0981. The number of hydrogen-bond acceptors (Lipinski definition) is 3. The van der Waals surface area contributed by atoms with Crippen molar-refractivity contribution >= 4 is 0 Å². The SMILES string of the molecule is CCNCc1cc(F)cc(OCCCC2CCCO2)c1. The molecule has 3 nitrogen and oxygen atoms in total. The van der Waals surface area contributed by atoms with E-state index in [4.69, 9.17) is 9.47 Å². The molecule has 1 aromatic carbocycles. The summed E-state index contributed by atoms with van der Waals surface area (Å²) in [6.45, 7) is 5.07. The van der Waals surface area contributed by atoms with E-state index in [-0.39, 0.29) is 5.82 Å². The van der Waals surface area contributed by atoms with Crippen molar-refractivity contribution in [1.82, 2.24) is 5.32 Å². The van der Waals surface area contributed by atoms with E-state index in [1.54, 1.807) is 6.07 Å². The molecule has 1 atom stereocenters. The van der Waals surface area contributed by atoms with Crippen LogP contribution in [0.25, 0.3) is 0 Å². The van der Waals surface area contributed by atoms with Crippen molar-refractivity contribution < 1.29 is 13.9 Å². The highest BCUT2D eigenvalue weighted by atomic mass is 19.1. The van der Waals surface area contributed by atoms with Crippen molar-refractivity contribution in [3.05, 3.63) is 29.6 Å². The Balaban J connectivity index is 1.74. The predicted octanol–water partition coefficient (Wildman–Crippen LogP) is 3.27. The summed E-state index contributed by atoms with van der Waals surface area (Å²) >= 11 is 0. The van der Waals surface area contributed by atoms with Crippen molar-refractivity contribution in [3.63, 3.8) is 0 Å². The lowest BCUT2D eigenvalue weighted by atomic mass is 10.1. The zero-order chi connectivity index (χ0) is 14.2. The van der Waals surface area contributed by atoms with Gasteiger partial charge in [-0.05, 0) is 49.9 Å². The molecule has 0 amide bonds. The van der Waals surface area contributed by atoms with Gasteiger partial charge in [0.15, 0.2) is 0 Å². The quantitative estimate of drug-likeness (QED) is 0.742. The van der Waals surface area contributed by atoms with E-state index in [0.29, 0.717) is 25.0 Å². The van der Waals surface area contributed by atoms with Gasteiger partial charge < -0.3 is 14.8 Å². The second-order valence-corrected chi connectivity index (χ2v) is 5.20. The van der Waals surface area contributed by atoms with Gasteiger partial charge in [0.05, 0.1) is 12.7 Å². The summed E-state index contributed by atoms with van der Waals surface area (Å²) in [7, 11) is 0. The van der Waals surface area contributed by atoms with E-state index < -0.39 is 0 Å². The van der Waals surface area contributed by atoms with Crippen LogP contribution >= 0.6 is 0 Å². The lowest BCUT2D eigenvalue weighted by Gasteiger charge is -2.11. The largest absolute Gasteiger partial charge is 0.493 e. The van der Waals surface area contributed by atoms with Crippen molar-refractivity contribution in [2.45, 2.75) is 45.3 Å². The minimum atomic E-state index is -0.241. The van der Waals surface area contributed by atoms with Crippen molar-refractivity contribution in [2.75, 3.05) is 19.8 Å². The molecule has 20 heavy (non-hydrogen) atoms. The second kappa shape index (κ2) is 8.22. The van der Waals surface area contributed by atoms with Gasteiger partial charge in [0.1, 0.15) is 11.6 Å². The van der Waals surface area contributed by atoms with Crippen LogP contribution in [-0.2, 0) is 11.3 Å². The molecular formula is C16H24FNO2. The third-order valence-electron chi connectivity index (χ3n) is 3.47. The summed E-state index contributed by atoms with van der Waals surface area (Å²) in [6, 6.07) is 4.89. The summed E-state index contributed by atoms with van der Waals surface area (Å²) in [5.74, 6) is 0.375. The molecule has 0 spiro atoms. The van der Waals surface area contributed by atoms with Crippen LogP contribution < -0.4 is 10.1 Å². The first-order valence-corrected chi connectivity index (χ1v) is 7.52. The zero-order valence-corrected chi connectivity index (χ0v) is 12.2. The van der Waals surface area contributed by atoms with E-state index in [1.807, 2.05) is 13.0 Å². The van der Waals surface area contributed by atoms with Gasteiger partial charge in [-0.2, -0.15) is 0 Å². The molecule has 2 rings (SSSR count). The summed E-state index contributed by atoms with van der Waals surface area (Å²) in [5, 5.41) is 3.18. The Labute approximate surface area is 120 Å². The summed E-state index contributed by atoms with van der Waals surface area (Å²) in [5.41, 5.74) is 0.918. The molecule has 1 heterocycles. The Morgan fingerprint density at radius 2 is 2.30 bits per heavy atom. The second-order valence-electron chi connectivity index (χ2n) is 5.20. The van der Waals surface area contributed by atoms with Gasteiger partial charge in [-0.15, -0.1) is 0 Å². The van der Waals surface area contributed by atoms with E-state index in [9.17, 15) is 4.39 Å². The smallest absolute Gasteiger partial charge is 0.127 e. The molecule has 112 valence electrons. The number of halogens is 1. The average Bonchev–Trinajstić information content (AvgIpc) is 2.94. The summed E-state index contributed by atoms with van der Waals surface area (Å²) in [4.78, 5) is 0. The third kappa shape index (κ3) is 5.10. The molecule has 0 radical (unpaired) electrons. The molecule has 0 aliphatic carbocycles. The fraction of sp³-hybridized carbons (Fsp3) is 0.625. The van der Waals surface area contributed by atoms with Gasteiger partial charge in [0, 0.05) is 19.2 Å². The van der Waals surface area contributed by atoms with Crippen LogP contribution in [0.1, 0.15) is 38.2 Å². The molecule has 4 heteroatoms. The van der Waals surface area contributed by atoms with Crippen LogP contribution in [0.3, 0.4) is 0 Å². The topological polar surface area (TPSA) is 30.5 Å². The van der Waals surface area contributed by atoms with Crippen LogP contribution in [0.4, 0.5) is 4.39 Å². The van der Waals surface area contributed by atoms with Crippen LogP contribution in [0.2, 0.25) is 0 Å². The number of benzene rings is 1. The minimum absolute atomic E-state index is 0.241. The molecule has 0 bridgehead atoms. The fourth-order valence-corrected chi connectivity index (χ4v) is 2.45. The molecule has 1 aliphatic heterocycles. The van der Waals surface area contributed by atoms with Gasteiger partial charge in [0.2, 0.25) is 0 Å². The molecule has 1 aromatic rings. The van der Waals surface area contributed by atoms with E-state index >= 15 is 0 Å². The Bertz CT molecular complexity index is 405. The number of hydrogen-bond donors (Lipinski definition) is 1. The van der Waals surface area contributed by atoms with Crippen LogP contribution in [0.15, 0.2) is 18.2 Å². The molecule has 1 unspecified atom stereocenters. The van der Waals surface area contributed by atoms with Gasteiger partial charge in [0.25, 0.3) is 0 Å². The average molecular weight is 281 g/mol. The van der Waals surface area contributed by atoms with Crippen molar-refractivity contribution in [3.8, 4) is 5.75 Å². The number of nitrogens with one attached hydrogen (secondary N) is 1. The van der Waals surface area contributed by atoms with Gasteiger partial charge in [-0.1, -0.05) is 6.92 Å². The number of rotatable bonds is 8. The van der Waals surface area contributed by atoms with Crippen LogP contribution in [0.5, 0.6) is 5.75 Å². The minimum Gasteiger partial charge on any atom is -0.493 e. The van der Waals surface area contributed by atoms with Crippen molar-refractivity contribution in [2.24, 2.45) is 0 Å². The molecule has 1 N–H and O–H groups in total. The van der Waals surface area contributed by atoms with Crippen molar-refractivity contribution in [1.29, 1.82) is 0 Å². The predicted molar refractivity (Wildman–Crippen MR) is 77.5 cm³/mol. The maximum atomic E-state index is 13.5.